The first-order valence-electron chi connectivity index (χ1n) is 14.1. The fourth-order valence-corrected chi connectivity index (χ4v) is 11.3. The molecule has 0 amide bonds. The normalized spacial score (nSPS) is 46.9. The highest BCUT2D eigenvalue weighted by Crippen LogP contribution is 2.73. The number of carbonyl (C=O) groups is 1. The largest absolute Gasteiger partial charge is 0.481 e. The van der Waals surface area contributed by atoms with Gasteiger partial charge in [-0.05, 0) is 115 Å². The van der Waals surface area contributed by atoms with Crippen LogP contribution in [-0.2, 0) is 4.79 Å². The Labute approximate surface area is 206 Å². The molecule has 0 heterocycles. The van der Waals surface area contributed by atoms with E-state index >= 15 is 0 Å². The molecular weight excluding hydrogens is 416 g/mol. The lowest BCUT2D eigenvalue weighted by molar-refractivity contribution is -0.187. The van der Waals surface area contributed by atoms with E-state index in [9.17, 15) is 9.90 Å². The van der Waals surface area contributed by atoms with Crippen molar-refractivity contribution in [3.05, 3.63) is 42.0 Å². The lowest BCUT2D eigenvalue weighted by atomic mass is 9.36. The average Bonchev–Trinajstić information content (AvgIpc) is 3.25. The Hall–Kier alpha value is -1.57. The van der Waals surface area contributed by atoms with Gasteiger partial charge >= 0.3 is 5.97 Å². The highest BCUT2D eigenvalue weighted by Gasteiger charge is 2.66. The van der Waals surface area contributed by atoms with E-state index in [-0.39, 0.29) is 5.41 Å². The molecule has 0 aromatic heterocycles. The van der Waals surface area contributed by atoms with Crippen molar-refractivity contribution >= 4 is 11.5 Å². The van der Waals surface area contributed by atoms with Crippen LogP contribution in [0.25, 0.3) is 5.57 Å². The molecule has 0 spiro atoms. The van der Waals surface area contributed by atoms with Gasteiger partial charge in [-0.2, -0.15) is 0 Å². The Balaban J connectivity index is 1.35. The number of hydrogen-bond acceptors (Lipinski definition) is 1. The van der Waals surface area contributed by atoms with E-state index in [2.05, 4.69) is 64.1 Å². The predicted molar refractivity (Wildman–Crippen MR) is 138 cm³/mol. The Morgan fingerprint density at radius 3 is 2.32 bits per heavy atom. The summed E-state index contributed by atoms with van der Waals surface area (Å²) in [6.45, 7) is 10.3. The fraction of sp³-hybridized carbons (Fsp3) is 0.719. The van der Waals surface area contributed by atoms with E-state index in [0.29, 0.717) is 28.6 Å². The van der Waals surface area contributed by atoms with Crippen molar-refractivity contribution in [1.82, 2.24) is 0 Å². The molecule has 34 heavy (non-hydrogen) atoms. The second-order valence-electron chi connectivity index (χ2n) is 13.9. The van der Waals surface area contributed by atoms with E-state index in [1.54, 1.807) is 5.57 Å². The third-order valence-electron chi connectivity index (χ3n) is 12.6. The first kappa shape index (κ1) is 22.9. The Kier molecular flexibility index (Phi) is 5.02. The number of hydrogen-bond donors (Lipinski definition) is 1. The van der Waals surface area contributed by atoms with Crippen LogP contribution in [0.4, 0.5) is 0 Å². The van der Waals surface area contributed by atoms with Gasteiger partial charge in [0.25, 0.3) is 0 Å². The van der Waals surface area contributed by atoms with E-state index in [0.717, 1.165) is 43.9 Å². The standard InChI is InChI=1S/C32H44O2/c1-29(2)23(21-9-6-5-7-10-21)14-18-31(4)26(29)16-19-30(3)24-15-20-32(28(33)34)17-8-11-25(32)22(24)12-13-27(30)31/h5-7,9-10,14,22,24-27H,8,11-13,15-20H2,1-4H3,(H,33,34). The highest BCUT2D eigenvalue weighted by atomic mass is 16.4. The molecule has 5 aliphatic rings. The second kappa shape index (κ2) is 7.47. The topological polar surface area (TPSA) is 37.3 Å². The van der Waals surface area contributed by atoms with Crippen molar-refractivity contribution in [2.75, 3.05) is 0 Å². The number of benzene rings is 1. The summed E-state index contributed by atoms with van der Waals surface area (Å²) >= 11 is 0. The van der Waals surface area contributed by atoms with Gasteiger partial charge < -0.3 is 5.11 Å². The smallest absolute Gasteiger partial charge is 0.309 e. The molecule has 2 nitrogen and oxygen atoms in total. The third kappa shape index (κ3) is 2.83. The third-order valence-corrected chi connectivity index (χ3v) is 12.6. The SMILES string of the molecule is CC1(C)C(c2ccccc2)=CCC2(C)C1CCC1(C)C3CCC4(C(=O)O)CCCC4C3CCC12. The fourth-order valence-electron chi connectivity index (χ4n) is 11.3. The maximum Gasteiger partial charge on any atom is 0.309 e. The zero-order chi connectivity index (χ0) is 23.9. The quantitative estimate of drug-likeness (QED) is 0.482. The van der Waals surface area contributed by atoms with Crippen molar-refractivity contribution in [1.29, 1.82) is 0 Å². The first-order valence-corrected chi connectivity index (χ1v) is 14.1. The van der Waals surface area contributed by atoms with Crippen molar-refractivity contribution in [2.45, 2.75) is 91.9 Å². The molecule has 5 aliphatic carbocycles. The van der Waals surface area contributed by atoms with Crippen molar-refractivity contribution in [3.63, 3.8) is 0 Å². The van der Waals surface area contributed by atoms with E-state index in [4.69, 9.17) is 0 Å². The molecule has 0 radical (unpaired) electrons. The minimum atomic E-state index is -0.482. The van der Waals surface area contributed by atoms with E-state index in [1.165, 1.54) is 37.7 Å². The average molecular weight is 461 g/mol. The number of rotatable bonds is 2. The minimum Gasteiger partial charge on any atom is -0.481 e. The van der Waals surface area contributed by atoms with E-state index < -0.39 is 11.4 Å². The molecule has 4 saturated carbocycles. The van der Waals surface area contributed by atoms with Crippen molar-refractivity contribution in [3.8, 4) is 0 Å². The van der Waals surface area contributed by atoms with E-state index in [1.807, 2.05) is 0 Å². The van der Waals surface area contributed by atoms with Gasteiger partial charge in [0.1, 0.15) is 0 Å². The molecule has 0 aliphatic heterocycles. The van der Waals surface area contributed by atoms with Crippen LogP contribution >= 0.6 is 0 Å². The van der Waals surface area contributed by atoms with Gasteiger partial charge in [-0.15, -0.1) is 0 Å². The second-order valence-corrected chi connectivity index (χ2v) is 13.9. The van der Waals surface area contributed by atoms with Gasteiger partial charge in [-0.1, -0.05) is 70.5 Å². The maximum absolute atomic E-state index is 12.4. The number of carboxylic acid groups (broad SMARTS) is 1. The molecule has 1 aromatic carbocycles. The molecule has 1 aromatic rings. The lowest BCUT2D eigenvalue weighted by Gasteiger charge is -2.68. The van der Waals surface area contributed by atoms with Crippen LogP contribution in [0.1, 0.15) is 97.5 Å². The van der Waals surface area contributed by atoms with Gasteiger partial charge in [0.2, 0.25) is 0 Å². The molecule has 0 bridgehead atoms. The Morgan fingerprint density at radius 2 is 1.59 bits per heavy atom. The summed E-state index contributed by atoms with van der Waals surface area (Å²) in [6.07, 6.45) is 14.3. The Bertz CT molecular complexity index is 1010. The number of aliphatic carboxylic acids is 1. The molecule has 2 heteroatoms. The monoisotopic (exact) mass is 460 g/mol. The van der Waals surface area contributed by atoms with Crippen LogP contribution in [-0.4, -0.2) is 11.1 Å². The van der Waals surface area contributed by atoms with Crippen LogP contribution < -0.4 is 0 Å². The molecule has 8 atom stereocenters. The van der Waals surface area contributed by atoms with Crippen molar-refractivity contribution < 1.29 is 9.90 Å². The summed E-state index contributed by atoms with van der Waals surface area (Å²) in [5, 5.41) is 10.3. The summed E-state index contributed by atoms with van der Waals surface area (Å²) in [6, 6.07) is 11.1. The summed E-state index contributed by atoms with van der Waals surface area (Å²) in [4.78, 5) is 12.4. The molecule has 4 fully saturated rings. The number of fused-ring (bicyclic) bond motifs is 7. The summed E-state index contributed by atoms with van der Waals surface area (Å²) in [7, 11) is 0. The van der Waals surface area contributed by atoms with Crippen LogP contribution in [0, 0.1) is 51.2 Å². The summed E-state index contributed by atoms with van der Waals surface area (Å²) in [5.74, 6) is 2.78. The van der Waals surface area contributed by atoms with Crippen LogP contribution in [0.15, 0.2) is 36.4 Å². The molecule has 0 saturated heterocycles. The molecule has 6 rings (SSSR count). The van der Waals surface area contributed by atoms with Gasteiger partial charge in [0.05, 0.1) is 5.41 Å². The summed E-state index contributed by atoms with van der Waals surface area (Å²) in [5.41, 5.74) is 3.47. The van der Waals surface area contributed by atoms with Gasteiger partial charge in [-0.3, -0.25) is 4.79 Å². The minimum absolute atomic E-state index is 0.184. The molecule has 1 N–H and O–H groups in total. The molecule has 8 unspecified atom stereocenters. The molecular formula is C32H44O2. The van der Waals surface area contributed by atoms with Crippen molar-refractivity contribution in [2.24, 2.45) is 51.2 Å². The molecule has 184 valence electrons. The summed E-state index contributed by atoms with van der Waals surface area (Å²) < 4.78 is 0. The van der Waals surface area contributed by atoms with Gasteiger partial charge in [0.15, 0.2) is 0 Å². The van der Waals surface area contributed by atoms with Crippen LogP contribution in [0.3, 0.4) is 0 Å². The zero-order valence-electron chi connectivity index (χ0n) is 21.8. The lowest BCUT2D eigenvalue weighted by Crippen LogP contribution is -2.61. The number of allylic oxidation sites excluding steroid dienone is 2. The number of carboxylic acids is 1. The Morgan fingerprint density at radius 1 is 0.824 bits per heavy atom. The van der Waals surface area contributed by atoms with Gasteiger partial charge in [-0.25, -0.2) is 0 Å². The first-order chi connectivity index (χ1) is 16.1. The van der Waals surface area contributed by atoms with Gasteiger partial charge in [0, 0.05) is 0 Å². The van der Waals surface area contributed by atoms with Crippen LogP contribution in [0.5, 0.6) is 0 Å². The maximum atomic E-state index is 12.4. The zero-order valence-corrected chi connectivity index (χ0v) is 21.8. The van der Waals surface area contributed by atoms with Crippen LogP contribution in [0.2, 0.25) is 0 Å². The highest BCUT2D eigenvalue weighted by molar-refractivity contribution is 5.76. The predicted octanol–water partition coefficient (Wildman–Crippen LogP) is 8.23.